The summed E-state index contributed by atoms with van der Waals surface area (Å²) in [5.41, 5.74) is 0.828. The van der Waals surface area contributed by atoms with Gasteiger partial charge in [0.15, 0.2) is 5.82 Å². The molecule has 3 heterocycles. The first-order valence-corrected chi connectivity index (χ1v) is 9.59. The van der Waals surface area contributed by atoms with Crippen LogP contribution in [0.3, 0.4) is 0 Å². The largest absolute Gasteiger partial charge is 0.363 e. The first-order chi connectivity index (χ1) is 13.5. The number of methoxy groups -OCH3 is 2. The minimum atomic E-state index is -1.35. The van der Waals surface area contributed by atoms with Crippen molar-refractivity contribution in [1.82, 2.24) is 14.8 Å². The molecular formula is C18H27ClN4O5. The van der Waals surface area contributed by atoms with Gasteiger partial charge < -0.3 is 19.1 Å². The summed E-state index contributed by atoms with van der Waals surface area (Å²) in [4.78, 5) is 19.2. The van der Waals surface area contributed by atoms with Crippen molar-refractivity contribution in [2.24, 2.45) is 0 Å². The summed E-state index contributed by atoms with van der Waals surface area (Å²) >= 11 is 5.83. The van der Waals surface area contributed by atoms with E-state index in [9.17, 15) is 10.1 Å². The Labute approximate surface area is 170 Å². The van der Waals surface area contributed by atoms with Crippen LogP contribution in [0, 0.1) is 10.1 Å². The second-order valence-corrected chi connectivity index (χ2v) is 6.30. The molecule has 0 aromatic carbocycles. The monoisotopic (exact) mass is 414 g/mol. The highest BCUT2D eigenvalue weighted by atomic mass is 35.5. The topological polar surface area (TPSA) is 90.2 Å². The van der Waals surface area contributed by atoms with E-state index in [0.717, 1.165) is 5.56 Å². The number of hydrogen-bond acceptors (Lipinski definition) is 8. The van der Waals surface area contributed by atoms with E-state index >= 15 is 0 Å². The fourth-order valence-corrected chi connectivity index (χ4v) is 3.70. The normalized spacial score (nSPS) is 23.6. The molecular weight excluding hydrogens is 388 g/mol. The Morgan fingerprint density at radius 3 is 2.57 bits per heavy atom. The van der Waals surface area contributed by atoms with Crippen LogP contribution < -0.4 is 0 Å². The number of rotatable bonds is 7. The van der Waals surface area contributed by atoms with Crippen LogP contribution in [-0.4, -0.2) is 65.6 Å². The molecule has 0 N–H and O–H groups in total. The van der Waals surface area contributed by atoms with Gasteiger partial charge in [-0.3, -0.25) is 15.0 Å². The van der Waals surface area contributed by atoms with E-state index in [4.69, 9.17) is 25.8 Å². The number of fused-ring (bicyclic) bond motifs is 1. The van der Waals surface area contributed by atoms with Crippen molar-refractivity contribution >= 4 is 11.6 Å². The lowest BCUT2D eigenvalue weighted by Gasteiger charge is -2.38. The zero-order valence-electron chi connectivity index (χ0n) is 16.8. The van der Waals surface area contributed by atoms with Crippen molar-refractivity contribution in [2.75, 3.05) is 33.9 Å². The van der Waals surface area contributed by atoms with Crippen molar-refractivity contribution < 1.29 is 19.1 Å². The zero-order chi connectivity index (χ0) is 20.9. The van der Waals surface area contributed by atoms with Crippen molar-refractivity contribution in [3.63, 3.8) is 0 Å². The van der Waals surface area contributed by atoms with Gasteiger partial charge in [0, 0.05) is 46.7 Å². The fraction of sp³-hybridized carbons (Fsp3) is 0.611. The molecule has 2 unspecified atom stereocenters. The van der Waals surface area contributed by atoms with Crippen LogP contribution in [-0.2, 0) is 20.8 Å². The summed E-state index contributed by atoms with van der Waals surface area (Å²) < 4.78 is 16.9. The molecule has 0 radical (unpaired) electrons. The van der Waals surface area contributed by atoms with Crippen molar-refractivity contribution in [3.05, 3.63) is 50.7 Å². The average molecular weight is 415 g/mol. The van der Waals surface area contributed by atoms with Crippen LogP contribution in [0.5, 0.6) is 0 Å². The molecule has 0 amide bonds. The van der Waals surface area contributed by atoms with Crippen LogP contribution in [0.15, 0.2) is 29.8 Å². The molecule has 156 valence electrons. The van der Waals surface area contributed by atoms with Crippen LogP contribution in [0.4, 0.5) is 0 Å². The van der Waals surface area contributed by atoms with Gasteiger partial charge in [0.05, 0.1) is 4.92 Å². The quantitative estimate of drug-likeness (QED) is 0.291. The lowest BCUT2D eigenvalue weighted by molar-refractivity contribution is -0.447. The maximum atomic E-state index is 11.8. The van der Waals surface area contributed by atoms with Gasteiger partial charge in [-0.05, 0) is 18.6 Å². The number of aromatic nitrogens is 1. The van der Waals surface area contributed by atoms with E-state index < -0.39 is 16.9 Å². The Morgan fingerprint density at radius 1 is 1.36 bits per heavy atom. The SMILES string of the molecule is CC.CCOC1(OC)C(OC)C([N+](=O)[O-])=C2N(Cc3ccc(Cl)nc3)CCN21. The number of pyridine rings is 1. The summed E-state index contributed by atoms with van der Waals surface area (Å²) in [5.74, 6) is -0.902. The molecule has 2 aliphatic heterocycles. The Balaban J connectivity index is 0.00000136. The second-order valence-electron chi connectivity index (χ2n) is 5.91. The van der Waals surface area contributed by atoms with E-state index in [1.807, 2.05) is 31.7 Å². The van der Waals surface area contributed by atoms with E-state index in [1.54, 1.807) is 17.2 Å². The second kappa shape index (κ2) is 9.51. The third-order valence-electron chi connectivity index (χ3n) is 4.57. The highest BCUT2D eigenvalue weighted by Crippen LogP contribution is 2.45. The molecule has 0 spiro atoms. The lowest BCUT2D eigenvalue weighted by Crippen LogP contribution is -2.56. The molecule has 9 nitrogen and oxygen atoms in total. The predicted octanol–water partition coefficient (Wildman–Crippen LogP) is 2.69. The highest BCUT2D eigenvalue weighted by Gasteiger charge is 2.64. The summed E-state index contributed by atoms with van der Waals surface area (Å²) in [7, 11) is 2.88. The summed E-state index contributed by atoms with van der Waals surface area (Å²) in [6.07, 6.45) is 0.690. The van der Waals surface area contributed by atoms with Crippen LogP contribution in [0.1, 0.15) is 26.3 Å². The molecule has 0 bridgehead atoms. The van der Waals surface area contributed by atoms with Crippen molar-refractivity contribution in [2.45, 2.75) is 39.3 Å². The summed E-state index contributed by atoms with van der Waals surface area (Å²) in [6.45, 7) is 7.69. The van der Waals surface area contributed by atoms with E-state index in [1.165, 1.54) is 14.2 Å². The lowest BCUT2D eigenvalue weighted by atomic mass is 10.2. The maximum absolute atomic E-state index is 11.8. The number of hydrogen-bond donors (Lipinski definition) is 0. The Kier molecular flexibility index (Phi) is 7.59. The van der Waals surface area contributed by atoms with Crippen molar-refractivity contribution in [1.29, 1.82) is 0 Å². The van der Waals surface area contributed by atoms with Gasteiger partial charge in [-0.1, -0.05) is 31.5 Å². The van der Waals surface area contributed by atoms with Gasteiger partial charge in [0.1, 0.15) is 5.15 Å². The molecule has 0 saturated carbocycles. The van der Waals surface area contributed by atoms with Crippen molar-refractivity contribution in [3.8, 4) is 0 Å². The molecule has 1 saturated heterocycles. The van der Waals surface area contributed by atoms with E-state index in [0.29, 0.717) is 37.2 Å². The predicted molar refractivity (Wildman–Crippen MR) is 104 cm³/mol. The van der Waals surface area contributed by atoms with Gasteiger partial charge >= 0.3 is 5.70 Å². The third kappa shape index (κ3) is 3.80. The molecule has 2 aliphatic rings. The third-order valence-corrected chi connectivity index (χ3v) is 4.80. The number of ether oxygens (including phenoxy) is 3. The van der Waals surface area contributed by atoms with Gasteiger partial charge in [-0.15, -0.1) is 0 Å². The molecule has 1 fully saturated rings. The first-order valence-electron chi connectivity index (χ1n) is 9.22. The zero-order valence-corrected chi connectivity index (χ0v) is 17.6. The van der Waals surface area contributed by atoms with Gasteiger partial charge in [0.25, 0.3) is 5.91 Å². The Bertz CT molecular complexity index is 714. The van der Waals surface area contributed by atoms with Gasteiger partial charge in [-0.25, -0.2) is 4.98 Å². The standard InChI is InChI=1S/C16H21ClN4O5.C2H6/c1-4-26-16(25-3)14(24-2)13(21(22)23)15-19(7-8-20(15)16)10-11-5-6-12(17)18-9-11;1-2/h5-6,9,14H,4,7-8,10H2,1-3H3;1-2H3. The molecule has 1 aromatic rings. The van der Waals surface area contributed by atoms with Gasteiger partial charge in [0.2, 0.25) is 6.10 Å². The van der Waals surface area contributed by atoms with E-state index in [2.05, 4.69) is 4.98 Å². The Hall–Kier alpha value is -1.94. The Morgan fingerprint density at radius 2 is 2.07 bits per heavy atom. The molecule has 28 heavy (non-hydrogen) atoms. The molecule has 3 rings (SSSR count). The molecule has 0 aliphatic carbocycles. The van der Waals surface area contributed by atoms with Crippen LogP contribution in [0.25, 0.3) is 0 Å². The number of halogens is 1. The summed E-state index contributed by atoms with van der Waals surface area (Å²) in [5, 5.41) is 12.2. The van der Waals surface area contributed by atoms with Crippen LogP contribution in [0.2, 0.25) is 5.15 Å². The maximum Gasteiger partial charge on any atom is 0.322 e. The molecule has 1 aromatic heterocycles. The summed E-state index contributed by atoms with van der Waals surface area (Å²) in [6, 6.07) is 3.54. The number of nitrogens with zero attached hydrogens (tertiary/aromatic N) is 4. The molecule has 2 atom stereocenters. The fourth-order valence-electron chi connectivity index (χ4n) is 3.59. The average Bonchev–Trinajstić information content (AvgIpc) is 3.22. The minimum absolute atomic E-state index is 0.0674. The molecule has 10 heteroatoms. The highest BCUT2D eigenvalue weighted by molar-refractivity contribution is 6.29. The van der Waals surface area contributed by atoms with E-state index in [-0.39, 0.29) is 5.70 Å². The van der Waals surface area contributed by atoms with Gasteiger partial charge in [-0.2, -0.15) is 0 Å². The minimum Gasteiger partial charge on any atom is -0.363 e. The first kappa shape index (κ1) is 22.4. The number of nitro groups is 1. The van der Waals surface area contributed by atoms with Crippen LogP contribution >= 0.6 is 11.6 Å². The smallest absolute Gasteiger partial charge is 0.322 e.